The predicted octanol–water partition coefficient (Wildman–Crippen LogP) is 0.119. The second kappa shape index (κ2) is 4.35. The highest BCUT2D eigenvalue weighted by molar-refractivity contribution is 7.85. The van der Waals surface area contributed by atoms with Crippen molar-refractivity contribution in [3.63, 3.8) is 0 Å². The van der Waals surface area contributed by atoms with E-state index in [1.54, 1.807) is 0 Å². The summed E-state index contributed by atoms with van der Waals surface area (Å²) in [6.07, 6.45) is 1.30. The van der Waals surface area contributed by atoms with E-state index in [4.69, 9.17) is 0 Å². The fraction of sp³-hybridized carbons (Fsp3) is 1.00. The zero-order valence-corrected chi connectivity index (χ0v) is 6.43. The lowest BCUT2D eigenvalue weighted by Crippen LogP contribution is -2.04. The molecule has 60 valence electrons. The molecule has 0 N–H and O–H groups in total. The lowest BCUT2D eigenvalue weighted by atomic mass is 10.5. The van der Waals surface area contributed by atoms with Crippen LogP contribution < -0.4 is 0 Å². The first-order valence-corrected chi connectivity index (χ1v) is 4.51. The van der Waals surface area contributed by atoms with Gasteiger partial charge >= 0.3 is 0 Å². The van der Waals surface area contributed by atoms with E-state index in [1.165, 1.54) is 0 Å². The van der Waals surface area contributed by atoms with Gasteiger partial charge in [-0.1, -0.05) is 5.18 Å². The van der Waals surface area contributed by atoms with Crippen molar-refractivity contribution in [3.8, 4) is 0 Å². The Morgan fingerprint density at radius 3 is 2.50 bits per heavy atom. The molecule has 0 saturated carbocycles. The fourth-order valence-corrected chi connectivity index (χ4v) is 0.760. The van der Waals surface area contributed by atoms with Crippen molar-refractivity contribution in [3.05, 3.63) is 4.91 Å². The highest BCUT2D eigenvalue weighted by atomic mass is 32.2. The van der Waals surface area contributed by atoms with E-state index < -0.39 is 10.1 Å². The van der Waals surface area contributed by atoms with E-state index in [2.05, 4.69) is 9.36 Å². The van der Waals surface area contributed by atoms with Gasteiger partial charge in [0, 0.05) is 0 Å². The zero-order valence-electron chi connectivity index (χ0n) is 5.61. The molecule has 0 unspecified atom stereocenters. The van der Waals surface area contributed by atoms with Crippen LogP contribution in [-0.2, 0) is 14.3 Å². The normalized spacial score (nSPS) is 11.3. The van der Waals surface area contributed by atoms with Crippen LogP contribution in [0, 0.1) is 4.91 Å². The molecule has 5 nitrogen and oxygen atoms in total. The van der Waals surface area contributed by atoms with Gasteiger partial charge in [0.15, 0.2) is 0 Å². The number of rotatable bonds is 5. The Labute approximate surface area is 59.5 Å². The maximum absolute atomic E-state index is 10.3. The largest absolute Gasteiger partial charge is 0.270 e. The first-order chi connectivity index (χ1) is 4.56. The Kier molecular flexibility index (Phi) is 4.13. The number of nitroso groups, excluding NO2 is 1. The molecule has 0 aliphatic carbocycles. The van der Waals surface area contributed by atoms with Crippen LogP contribution in [0.15, 0.2) is 5.18 Å². The third-order valence-corrected chi connectivity index (χ3v) is 1.29. The van der Waals surface area contributed by atoms with Crippen LogP contribution in [0.2, 0.25) is 0 Å². The summed E-state index contributed by atoms with van der Waals surface area (Å²) in [5.74, 6) is 0. The first-order valence-electron chi connectivity index (χ1n) is 2.70. The van der Waals surface area contributed by atoms with Crippen LogP contribution in [0.25, 0.3) is 0 Å². The topological polar surface area (TPSA) is 72.8 Å². The molecule has 0 fully saturated rings. The average Bonchev–Trinajstić information content (AvgIpc) is 1.78. The Bertz CT molecular complexity index is 185. The minimum atomic E-state index is -3.35. The van der Waals surface area contributed by atoms with Crippen molar-refractivity contribution in [1.82, 2.24) is 0 Å². The van der Waals surface area contributed by atoms with Crippen molar-refractivity contribution < 1.29 is 12.6 Å². The van der Waals surface area contributed by atoms with E-state index in [1.807, 2.05) is 0 Å². The number of hydrogen-bond acceptors (Lipinski definition) is 5. The fourth-order valence-electron chi connectivity index (χ4n) is 0.339. The van der Waals surface area contributed by atoms with Crippen LogP contribution in [-0.4, -0.2) is 27.8 Å². The van der Waals surface area contributed by atoms with Crippen LogP contribution >= 0.6 is 0 Å². The molecule has 0 aliphatic heterocycles. The van der Waals surface area contributed by atoms with Gasteiger partial charge < -0.3 is 0 Å². The van der Waals surface area contributed by atoms with E-state index in [-0.39, 0.29) is 13.2 Å². The number of nitrogens with zero attached hydrogens (tertiary/aromatic N) is 1. The standard InChI is InChI=1S/C4H9NO4S/c1-10(7,8)9-4-2-3-5-6/h2-4H2,1H3. The maximum atomic E-state index is 10.3. The number of hydrogen-bond donors (Lipinski definition) is 0. The summed E-state index contributed by atoms with van der Waals surface area (Å²) < 4.78 is 24.8. The average molecular weight is 167 g/mol. The van der Waals surface area contributed by atoms with Gasteiger partial charge in [0.2, 0.25) is 0 Å². The molecule has 0 atom stereocenters. The SMILES string of the molecule is CS(=O)(=O)OCCCN=O. The molecule has 0 spiro atoms. The molecule has 10 heavy (non-hydrogen) atoms. The second-order valence-electron chi connectivity index (χ2n) is 1.73. The molecule has 0 amide bonds. The lowest BCUT2D eigenvalue weighted by Gasteiger charge is -1.95. The van der Waals surface area contributed by atoms with Crippen LogP contribution in [0.5, 0.6) is 0 Å². The maximum Gasteiger partial charge on any atom is 0.264 e. The van der Waals surface area contributed by atoms with Crippen LogP contribution in [0.4, 0.5) is 0 Å². The molecular weight excluding hydrogens is 158 g/mol. The van der Waals surface area contributed by atoms with Gasteiger partial charge in [0.05, 0.1) is 19.4 Å². The minimum Gasteiger partial charge on any atom is -0.270 e. The molecule has 0 radical (unpaired) electrons. The zero-order chi connectivity index (χ0) is 8.04. The van der Waals surface area contributed by atoms with Crippen molar-refractivity contribution in [2.24, 2.45) is 5.18 Å². The summed E-state index contributed by atoms with van der Waals surface area (Å²) >= 11 is 0. The van der Waals surface area contributed by atoms with Gasteiger partial charge in [-0.2, -0.15) is 13.3 Å². The highest BCUT2D eigenvalue weighted by Gasteiger charge is 1.99. The predicted molar refractivity (Wildman–Crippen MR) is 36.1 cm³/mol. The van der Waals surface area contributed by atoms with Crippen molar-refractivity contribution in [1.29, 1.82) is 0 Å². The van der Waals surface area contributed by atoms with Crippen LogP contribution in [0.1, 0.15) is 6.42 Å². The van der Waals surface area contributed by atoms with Gasteiger partial charge in [0.25, 0.3) is 10.1 Å². The lowest BCUT2D eigenvalue weighted by molar-refractivity contribution is 0.318. The summed E-state index contributed by atoms with van der Waals surface area (Å²) in [5, 5.41) is 2.53. The molecule has 0 rings (SSSR count). The molecule has 0 aromatic rings. The van der Waals surface area contributed by atoms with Crippen molar-refractivity contribution in [2.75, 3.05) is 19.4 Å². The smallest absolute Gasteiger partial charge is 0.264 e. The van der Waals surface area contributed by atoms with Gasteiger partial charge in [-0.3, -0.25) is 4.18 Å². The quantitative estimate of drug-likeness (QED) is 0.331. The summed E-state index contributed by atoms with van der Waals surface area (Å²) in [6.45, 7) is 0.125. The Balaban J connectivity index is 3.29. The Hall–Kier alpha value is -0.490. The van der Waals surface area contributed by atoms with Crippen molar-refractivity contribution >= 4 is 10.1 Å². The monoisotopic (exact) mass is 167 g/mol. The third kappa shape index (κ3) is 7.51. The molecule has 0 heterocycles. The first kappa shape index (κ1) is 9.51. The van der Waals surface area contributed by atoms with E-state index in [0.29, 0.717) is 6.42 Å². The molecule has 0 aromatic heterocycles. The van der Waals surface area contributed by atoms with E-state index in [0.717, 1.165) is 6.26 Å². The molecule has 0 aliphatic rings. The third-order valence-electron chi connectivity index (χ3n) is 0.691. The van der Waals surface area contributed by atoms with Crippen molar-refractivity contribution in [2.45, 2.75) is 6.42 Å². The molecule has 0 aromatic carbocycles. The summed E-state index contributed by atoms with van der Waals surface area (Å²) in [6, 6.07) is 0. The van der Waals surface area contributed by atoms with Crippen LogP contribution in [0.3, 0.4) is 0 Å². The summed E-state index contributed by atoms with van der Waals surface area (Å²) in [5.41, 5.74) is 0. The Morgan fingerprint density at radius 2 is 2.10 bits per heavy atom. The van der Waals surface area contributed by atoms with Gasteiger partial charge in [-0.15, -0.1) is 0 Å². The highest BCUT2D eigenvalue weighted by Crippen LogP contribution is 1.89. The molecule has 0 bridgehead atoms. The molecule has 0 saturated heterocycles. The molecular formula is C4H9NO4S. The van der Waals surface area contributed by atoms with Gasteiger partial charge in [-0.25, -0.2) is 0 Å². The van der Waals surface area contributed by atoms with Gasteiger partial charge in [-0.05, 0) is 6.42 Å². The minimum absolute atomic E-state index is 0.0323. The van der Waals surface area contributed by atoms with E-state index >= 15 is 0 Å². The molecule has 6 heteroatoms. The second-order valence-corrected chi connectivity index (χ2v) is 3.38. The van der Waals surface area contributed by atoms with Gasteiger partial charge in [0.1, 0.15) is 0 Å². The summed E-state index contributed by atoms with van der Waals surface area (Å²) in [7, 11) is -3.35. The van der Waals surface area contributed by atoms with E-state index in [9.17, 15) is 13.3 Å². The Morgan fingerprint density at radius 1 is 1.50 bits per heavy atom. The summed E-state index contributed by atoms with van der Waals surface area (Å²) in [4.78, 5) is 9.47.